The van der Waals surface area contributed by atoms with Crippen LogP contribution in [0.2, 0.25) is 0 Å². The first-order valence-electron chi connectivity index (χ1n) is 8.43. The predicted octanol–water partition coefficient (Wildman–Crippen LogP) is 5.93. The quantitative estimate of drug-likeness (QED) is 0.399. The average molecular weight is 334 g/mol. The molecule has 0 bridgehead atoms. The van der Waals surface area contributed by atoms with E-state index in [1.165, 1.54) is 22.3 Å². The van der Waals surface area contributed by atoms with E-state index in [2.05, 4.69) is 74.1 Å². The van der Waals surface area contributed by atoms with Crippen molar-refractivity contribution >= 4 is 12.6 Å². The molecule has 0 heterocycles. The number of hydrogen-bond acceptors (Lipinski definition) is 2. The van der Waals surface area contributed by atoms with Gasteiger partial charge in [-0.3, -0.25) is 0 Å². The van der Waals surface area contributed by atoms with Gasteiger partial charge in [0.2, 0.25) is 0 Å². The van der Waals surface area contributed by atoms with E-state index in [1.807, 2.05) is 0 Å². The second kappa shape index (κ2) is 6.64. The molecule has 2 N–H and O–H groups in total. The molecule has 130 valence electrons. The fraction of sp³-hybridized carbons (Fsp3) is 0.619. The lowest BCUT2D eigenvalue weighted by molar-refractivity contribution is 0.405. The Kier molecular flexibility index (Phi) is 5.87. The van der Waals surface area contributed by atoms with Crippen molar-refractivity contribution in [3.63, 3.8) is 0 Å². The molecule has 1 atom stereocenters. The molecule has 1 aromatic carbocycles. The molecule has 23 heavy (non-hydrogen) atoms. The van der Waals surface area contributed by atoms with Gasteiger partial charge >= 0.3 is 0 Å². The maximum Gasteiger partial charge on any atom is 0.0890 e. The van der Waals surface area contributed by atoms with Crippen LogP contribution in [0.1, 0.15) is 70.2 Å². The van der Waals surface area contributed by atoms with E-state index >= 15 is 0 Å². The van der Waals surface area contributed by atoms with E-state index in [0.29, 0.717) is 6.42 Å². The Morgan fingerprint density at radius 2 is 1.61 bits per heavy atom. The Morgan fingerprint density at radius 1 is 1.09 bits per heavy atom. The minimum absolute atomic E-state index is 0.0378. The highest BCUT2D eigenvalue weighted by Crippen LogP contribution is 2.40. The summed E-state index contributed by atoms with van der Waals surface area (Å²) in [6, 6.07) is 4.48. The molecule has 1 rings (SSSR count). The van der Waals surface area contributed by atoms with Crippen LogP contribution in [0.3, 0.4) is 0 Å². The SMILES string of the molecule is C=C(CC(N)(S)c1c(C)cc(C)cc1CC(C)(C)C)C(C)(C)C. The molecule has 0 saturated heterocycles. The number of rotatable bonds is 4. The van der Waals surface area contributed by atoms with Gasteiger partial charge in [0.05, 0.1) is 4.87 Å². The summed E-state index contributed by atoms with van der Waals surface area (Å²) in [6.07, 6.45) is 1.67. The third-order valence-corrected chi connectivity index (χ3v) is 4.64. The van der Waals surface area contributed by atoms with Crippen molar-refractivity contribution in [3.05, 3.63) is 46.5 Å². The van der Waals surface area contributed by atoms with Crippen molar-refractivity contribution < 1.29 is 0 Å². The Labute approximate surface area is 149 Å². The molecule has 0 aliphatic rings. The van der Waals surface area contributed by atoms with E-state index in [4.69, 9.17) is 18.4 Å². The van der Waals surface area contributed by atoms with Crippen LogP contribution in [-0.2, 0) is 11.3 Å². The van der Waals surface area contributed by atoms with Gasteiger partial charge in [-0.05, 0) is 54.2 Å². The topological polar surface area (TPSA) is 26.0 Å². The highest BCUT2D eigenvalue weighted by Gasteiger charge is 2.32. The smallest absolute Gasteiger partial charge is 0.0890 e. The lowest BCUT2D eigenvalue weighted by atomic mass is 9.78. The first-order valence-corrected chi connectivity index (χ1v) is 8.88. The summed E-state index contributed by atoms with van der Waals surface area (Å²) < 4.78 is 0. The van der Waals surface area contributed by atoms with Gasteiger partial charge in [-0.15, -0.1) is 0 Å². The van der Waals surface area contributed by atoms with Crippen LogP contribution in [0.25, 0.3) is 0 Å². The van der Waals surface area contributed by atoms with Crippen LogP contribution in [0.5, 0.6) is 0 Å². The number of nitrogens with two attached hydrogens (primary N) is 1. The molecule has 1 unspecified atom stereocenters. The lowest BCUT2D eigenvalue weighted by Crippen LogP contribution is -2.35. The first kappa shape index (κ1) is 20.3. The maximum absolute atomic E-state index is 6.71. The van der Waals surface area contributed by atoms with Crippen LogP contribution < -0.4 is 5.73 Å². The third kappa shape index (κ3) is 5.69. The fourth-order valence-corrected chi connectivity index (χ4v) is 3.58. The normalized spacial score (nSPS) is 15.4. The fourth-order valence-electron chi connectivity index (χ4n) is 3.06. The van der Waals surface area contributed by atoms with Crippen molar-refractivity contribution in [2.24, 2.45) is 16.6 Å². The Morgan fingerprint density at radius 3 is 2.04 bits per heavy atom. The van der Waals surface area contributed by atoms with Crippen molar-refractivity contribution in [2.75, 3.05) is 0 Å². The molecule has 0 aliphatic carbocycles. The highest BCUT2D eigenvalue weighted by atomic mass is 32.1. The summed E-state index contributed by atoms with van der Waals surface area (Å²) in [6.45, 7) is 21.9. The van der Waals surface area contributed by atoms with Crippen LogP contribution >= 0.6 is 12.6 Å². The summed E-state index contributed by atoms with van der Waals surface area (Å²) in [5.74, 6) is 0. The second-order valence-corrected chi connectivity index (χ2v) is 10.1. The minimum Gasteiger partial charge on any atom is -0.313 e. The molecule has 2 heteroatoms. The van der Waals surface area contributed by atoms with Crippen molar-refractivity contribution in [2.45, 2.75) is 73.1 Å². The molecule has 1 aromatic rings. The van der Waals surface area contributed by atoms with E-state index in [9.17, 15) is 0 Å². The van der Waals surface area contributed by atoms with Crippen molar-refractivity contribution in [1.82, 2.24) is 0 Å². The van der Waals surface area contributed by atoms with Crippen LogP contribution in [0.4, 0.5) is 0 Å². The van der Waals surface area contributed by atoms with E-state index < -0.39 is 4.87 Å². The van der Waals surface area contributed by atoms with Gasteiger partial charge in [-0.25, -0.2) is 0 Å². The summed E-state index contributed by atoms with van der Waals surface area (Å²) in [5, 5.41) is 0. The minimum atomic E-state index is -0.692. The van der Waals surface area contributed by atoms with Crippen LogP contribution in [0, 0.1) is 24.7 Å². The molecule has 0 fully saturated rings. The van der Waals surface area contributed by atoms with E-state index in [1.54, 1.807) is 0 Å². The number of benzene rings is 1. The Bertz CT molecular complexity index is 583. The van der Waals surface area contributed by atoms with Gasteiger partial charge in [0, 0.05) is 0 Å². The van der Waals surface area contributed by atoms with Gasteiger partial charge in [0.15, 0.2) is 0 Å². The summed E-state index contributed by atoms with van der Waals surface area (Å²) in [7, 11) is 0. The molecule has 1 nitrogen and oxygen atoms in total. The molecule has 0 amide bonds. The van der Waals surface area contributed by atoms with Gasteiger partial charge in [0.1, 0.15) is 0 Å². The van der Waals surface area contributed by atoms with E-state index in [0.717, 1.165) is 12.0 Å². The van der Waals surface area contributed by atoms with Gasteiger partial charge in [-0.1, -0.05) is 71.4 Å². The van der Waals surface area contributed by atoms with Crippen LogP contribution in [-0.4, -0.2) is 0 Å². The molecule has 0 aliphatic heterocycles. The Hall–Kier alpha value is -0.730. The number of thiol groups is 1. The monoisotopic (exact) mass is 333 g/mol. The number of aryl methyl sites for hydroxylation is 2. The molecule has 0 spiro atoms. The van der Waals surface area contributed by atoms with Crippen molar-refractivity contribution in [1.29, 1.82) is 0 Å². The first-order chi connectivity index (χ1) is 10.1. The maximum atomic E-state index is 6.71. The van der Waals surface area contributed by atoms with Gasteiger partial charge in [-0.2, -0.15) is 12.6 Å². The van der Waals surface area contributed by atoms with Gasteiger partial charge < -0.3 is 5.73 Å². The molecular weight excluding hydrogens is 298 g/mol. The van der Waals surface area contributed by atoms with E-state index in [-0.39, 0.29) is 10.8 Å². The van der Waals surface area contributed by atoms with Gasteiger partial charge in [0.25, 0.3) is 0 Å². The summed E-state index contributed by atoms with van der Waals surface area (Å²) in [4.78, 5) is -0.692. The van der Waals surface area contributed by atoms with Crippen molar-refractivity contribution in [3.8, 4) is 0 Å². The Balaban J connectivity index is 3.36. The number of hydrogen-bond donors (Lipinski definition) is 2. The predicted molar refractivity (Wildman–Crippen MR) is 107 cm³/mol. The van der Waals surface area contributed by atoms with Crippen LogP contribution in [0.15, 0.2) is 24.3 Å². The standard InChI is InChI=1S/C21H35NS/c1-14-10-15(2)18(17(11-14)13-19(4,5)6)21(22,23)12-16(3)20(7,8)9/h10-11,23H,3,12-13,22H2,1-2,4-9H3. The summed E-state index contributed by atoms with van der Waals surface area (Å²) in [5.41, 5.74) is 13.1. The zero-order valence-corrected chi connectivity index (χ0v) is 17.2. The third-order valence-electron chi connectivity index (χ3n) is 4.26. The zero-order valence-electron chi connectivity index (χ0n) is 16.3. The zero-order chi connectivity index (χ0) is 18.2. The molecule has 0 saturated carbocycles. The lowest BCUT2D eigenvalue weighted by Gasteiger charge is -2.34. The molecule has 0 radical (unpaired) electrons. The second-order valence-electron chi connectivity index (χ2n) is 9.31. The summed E-state index contributed by atoms with van der Waals surface area (Å²) >= 11 is 4.89. The molecular formula is C21H35NS. The largest absolute Gasteiger partial charge is 0.313 e. The average Bonchev–Trinajstić information content (AvgIpc) is 2.21. The highest BCUT2D eigenvalue weighted by molar-refractivity contribution is 7.81. The molecule has 0 aromatic heterocycles.